The van der Waals surface area contributed by atoms with Gasteiger partial charge in [0.05, 0.1) is 0 Å². The molecule has 1 fully saturated rings. The lowest BCUT2D eigenvalue weighted by Crippen LogP contribution is -2.17. The van der Waals surface area contributed by atoms with Gasteiger partial charge >= 0.3 is 0 Å². The highest BCUT2D eigenvalue weighted by atomic mass is 14.9. The maximum absolute atomic E-state index is 4.29. The summed E-state index contributed by atoms with van der Waals surface area (Å²) in [5.74, 6) is 0.976. The van der Waals surface area contributed by atoms with Crippen LogP contribution in [0.25, 0.3) is 0 Å². The third kappa shape index (κ3) is 3.53. The summed E-state index contributed by atoms with van der Waals surface area (Å²) in [6.07, 6.45) is 12.3. The van der Waals surface area contributed by atoms with Crippen LogP contribution >= 0.6 is 0 Å². The summed E-state index contributed by atoms with van der Waals surface area (Å²) in [7, 11) is 2.06. The van der Waals surface area contributed by atoms with Crippen molar-refractivity contribution in [3.63, 3.8) is 0 Å². The zero-order valence-corrected chi connectivity index (χ0v) is 11.1. The average molecular weight is 232 g/mol. The molecule has 1 saturated carbocycles. The van der Waals surface area contributed by atoms with Crippen LogP contribution in [0.2, 0.25) is 0 Å². The number of pyridine rings is 1. The summed E-state index contributed by atoms with van der Waals surface area (Å²) in [5.41, 5.74) is 2.59. The van der Waals surface area contributed by atoms with Crippen molar-refractivity contribution in [1.29, 1.82) is 0 Å². The van der Waals surface area contributed by atoms with E-state index in [9.17, 15) is 0 Å². The van der Waals surface area contributed by atoms with Gasteiger partial charge in [-0.3, -0.25) is 4.98 Å². The summed E-state index contributed by atoms with van der Waals surface area (Å²) in [6, 6.07) is 2.73. The lowest BCUT2D eigenvalue weighted by molar-refractivity contribution is 0.427. The van der Waals surface area contributed by atoms with E-state index in [1.807, 2.05) is 12.4 Å². The summed E-state index contributed by atoms with van der Waals surface area (Å²) >= 11 is 0. The first kappa shape index (κ1) is 12.6. The lowest BCUT2D eigenvalue weighted by atomic mass is 9.95. The molecule has 0 aliphatic heterocycles. The molecule has 0 amide bonds. The van der Waals surface area contributed by atoms with Gasteiger partial charge in [0.25, 0.3) is 0 Å². The fraction of sp³-hybridized carbons (Fsp3) is 0.667. The van der Waals surface area contributed by atoms with Crippen LogP contribution in [0.3, 0.4) is 0 Å². The first-order valence-corrected chi connectivity index (χ1v) is 6.88. The molecule has 2 rings (SSSR count). The van der Waals surface area contributed by atoms with Crippen LogP contribution in [0.15, 0.2) is 18.5 Å². The van der Waals surface area contributed by atoms with Gasteiger partial charge in [-0.2, -0.15) is 0 Å². The second-order valence-electron chi connectivity index (χ2n) is 5.36. The van der Waals surface area contributed by atoms with E-state index in [0.717, 1.165) is 5.92 Å². The van der Waals surface area contributed by atoms with Gasteiger partial charge in [-0.05, 0) is 43.9 Å². The Morgan fingerprint density at radius 3 is 2.76 bits per heavy atom. The van der Waals surface area contributed by atoms with Gasteiger partial charge in [0.1, 0.15) is 0 Å². The van der Waals surface area contributed by atoms with Crippen LogP contribution in [0, 0.1) is 12.8 Å². The van der Waals surface area contributed by atoms with Gasteiger partial charge in [0.15, 0.2) is 0 Å². The normalized spacial score (nSPS) is 18.5. The summed E-state index contributed by atoms with van der Waals surface area (Å²) in [6.45, 7) is 2.11. The Morgan fingerprint density at radius 2 is 2.12 bits per heavy atom. The molecule has 0 spiro atoms. The summed E-state index contributed by atoms with van der Waals surface area (Å²) in [4.78, 5) is 4.29. The first-order valence-electron chi connectivity index (χ1n) is 6.88. The van der Waals surface area contributed by atoms with Crippen LogP contribution in [-0.4, -0.2) is 12.0 Å². The van der Waals surface area contributed by atoms with Crippen LogP contribution in [0.4, 0.5) is 0 Å². The SMILES string of the molecule is CNC(CCC1CCCC1)c1cncc(C)c1. The third-order valence-electron chi connectivity index (χ3n) is 3.99. The van der Waals surface area contributed by atoms with E-state index in [0.29, 0.717) is 6.04 Å². The van der Waals surface area contributed by atoms with Crippen molar-refractivity contribution >= 4 is 0 Å². The average Bonchev–Trinajstić information content (AvgIpc) is 2.83. The predicted molar refractivity (Wildman–Crippen MR) is 72.0 cm³/mol. The monoisotopic (exact) mass is 232 g/mol. The van der Waals surface area contributed by atoms with Crippen LogP contribution < -0.4 is 5.32 Å². The molecule has 17 heavy (non-hydrogen) atoms. The number of hydrogen-bond donors (Lipinski definition) is 1. The minimum atomic E-state index is 0.475. The molecule has 1 aromatic heterocycles. The number of nitrogens with zero attached hydrogens (tertiary/aromatic N) is 1. The number of aromatic nitrogens is 1. The van der Waals surface area contributed by atoms with Crippen LogP contribution in [0.5, 0.6) is 0 Å². The predicted octanol–water partition coefficient (Wildman–Crippen LogP) is 3.62. The molecular weight excluding hydrogens is 208 g/mol. The summed E-state index contributed by atoms with van der Waals surface area (Å²) in [5, 5.41) is 3.43. The van der Waals surface area contributed by atoms with Gasteiger partial charge in [-0.25, -0.2) is 0 Å². The molecule has 1 aliphatic carbocycles. The van der Waals surface area contributed by atoms with E-state index in [1.54, 1.807) is 0 Å². The topological polar surface area (TPSA) is 24.9 Å². The molecule has 1 atom stereocenters. The number of hydrogen-bond acceptors (Lipinski definition) is 2. The van der Waals surface area contributed by atoms with Crippen molar-refractivity contribution in [3.8, 4) is 0 Å². The van der Waals surface area contributed by atoms with E-state index < -0.39 is 0 Å². The highest BCUT2D eigenvalue weighted by Gasteiger charge is 2.17. The second kappa shape index (κ2) is 6.15. The minimum Gasteiger partial charge on any atom is -0.313 e. The third-order valence-corrected chi connectivity index (χ3v) is 3.99. The van der Waals surface area contributed by atoms with Crippen LogP contribution in [0.1, 0.15) is 55.7 Å². The number of rotatable bonds is 5. The maximum atomic E-state index is 4.29. The van der Waals surface area contributed by atoms with Gasteiger partial charge in [0, 0.05) is 18.4 Å². The molecular formula is C15H24N2. The van der Waals surface area contributed by atoms with Crippen molar-refractivity contribution in [2.24, 2.45) is 5.92 Å². The molecule has 0 bridgehead atoms. The summed E-state index contributed by atoms with van der Waals surface area (Å²) < 4.78 is 0. The van der Waals surface area contributed by atoms with Crippen molar-refractivity contribution in [2.75, 3.05) is 7.05 Å². The molecule has 0 aromatic carbocycles. The standard InChI is InChI=1S/C15H24N2/c1-12-9-14(11-17-10-12)15(16-2)8-7-13-5-3-4-6-13/h9-11,13,15-16H,3-8H2,1-2H3. The van der Waals surface area contributed by atoms with Crippen molar-refractivity contribution < 1.29 is 0 Å². The zero-order valence-electron chi connectivity index (χ0n) is 11.1. The minimum absolute atomic E-state index is 0.475. The van der Waals surface area contributed by atoms with Crippen molar-refractivity contribution in [2.45, 2.75) is 51.5 Å². The van der Waals surface area contributed by atoms with E-state index in [-0.39, 0.29) is 0 Å². The Labute approximate surface area is 105 Å². The van der Waals surface area contributed by atoms with Gasteiger partial charge < -0.3 is 5.32 Å². The molecule has 2 nitrogen and oxygen atoms in total. The molecule has 94 valence electrons. The number of aryl methyl sites for hydroxylation is 1. The van der Waals surface area contributed by atoms with Gasteiger partial charge in [-0.1, -0.05) is 31.7 Å². The molecule has 1 heterocycles. The first-order chi connectivity index (χ1) is 8.29. The largest absolute Gasteiger partial charge is 0.313 e. The molecule has 1 aliphatic rings. The fourth-order valence-corrected chi connectivity index (χ4v) is 2.95. The second-order valence-corrected chi connectivity index (χ2v) is 5.36. The van der Waals surface area contributed by atoms with E-state index in [2.05, 4.69) is 30.3 Å². The van der Waals surface area contributed by atoms with E-state index in [4.69, 9.17) is 0 Å². The Morgan fingerprint density at radius 1 is 1.35 bits per heavy atom. The maximum Gasteiger partial charge on any atom is 0.0333 e. The molecule has 1 unspecified atom stereocenters. The number of nitrogens with one attached hydrogen (secondary N) is 1. The zero-order chi connectivity index (χ0) is 12.1. The Kier molecular flexibility index (Phi) is 4.55. The van der Waals surface area contributed by atoms with Gasteiger partial charge in [0.2, 0.25) is 0 Å². The van der Waals surface area contributed by atoms with Crippen molar-refractivity contribution in [3.05, 3.63) is 29.6 Å². The fourth-order valence-electron chi connectivity index (χ4n) is 2.95. The Balaban J connectivity index is 1.91. The molecule has 1 N–H and O–H groups in total. The molecule has 2 heteroatoms. The highest BCUT2D eigenvalue weighted by molar-refractivity contribution is 5.20. The Bertz CT molecular complexity index is 343. The molecule has 1 aromatic rings. The molecule has 0 radical (unpaired) electrons. The van der Waals surface area contributed by atoms with E-state index >= 15 is 0 Å². The lowest BCUT2D eigenvalue weighted by Gasteiger charge is -2.18. The Hall–Kier alpha value is -0.890. The van der Waals surface area contributed by atoms with E-state index in [1.165, 1.54) is 49.7 Å². The van der Waals surface area contributed by atoms with Crippen molar-refractivity contribution in [1.82, 2.24) is 10.3 Å². The smallest absolute Gasteiger partial charge is 0.0333 e. The quantitative estimate of drug-likeness (QED) is 0.838. The van der Waals surface area contributed by atoms with Crippen LogP contribution in [-0.2, 0) is 0 Å². The molecule has 0 saturated heterocycles. The highest BCUT2D eigenvalue weighted by Crippen LogP contribution is 2.31. The van der Waals surface area contributed by atoms with Gasteiger partial charge in [-0.15, -0.1) is 0 Å².